The molecule has 0 aliphatic rings. The van der Waals surface area contributed by atoms with Crippen LogP contribution in [0.2, 0.25) is 0 Å². The summed E-state index contributed by atoms with van der Waals surface area (Å²) in [5.74, 6) is -0.812. The van der Waals surface area contributed by atoms with Crippen LogP contribution in [0.4, 0.5) is 0 Å². The lowest BCUT2D eigenvalue weighted by Crippen LogP contribution is -1.98. The first kappa shape index (κ1) is 12.5. The van der Waals surface area contributed by atoms with Crippen LogP contribution in [-0.2, 0) is 11.2 Å². The Labute approximate surface area is 116 Å². The van der Waals surface area contributed by atoms with Gasteiger partial charge in [0.15, 0.2) is 0 Å². The number of aliphatic carboxylic acids is 1. The molecule has 0 aliphatic heterocycles. The van der Waals surface area contributed by atoms with Gasteiger partial charge in [0.2, 0.25) is 0 Å². The molecule has 3 nitrogen and oxygen atoms in total. The molecular weight excluding hydrogens is 250 g/mol. The molecule has 0 radical (unpaired) electrons. The van der Waals surface area contributed by atoms with Crippen LogP contribution < -0.4 is 0 Å². The van der Waals surface area contributed by atoms with Crippen LogP contribution in [0.5, 0.6) is 0 Å². The molecule has 0 unspecified atom stereocenters. The zero-order valence-electron chi connectivity index (χ0n) is 11.2. The maximum absolute atomic E-state index is 10.8. The number of fused-ring (bicyclic) bond motifs is 1. The van der Waals surface area contributed by atoms with Crippen LogP contribution in [0, 0.1) is 6.92 Å². The molecule has 3 heteroatoms. The number of benzene rings is 2. The molecule has 0 fully saturated rings. The van der Waals surface area contributed by atoms with E-state index in [-0.39, 0.29) is 6.42 Å². The van der Waals surface area contributed by atoms with Crippen molar-refractivity contribution in [3.8, 4) is 11.1 Å². The molecule has 1 heterocycles. The van der Waals surface area contributed by atoms with Crippen molar-refractivity contribution in [2.45, 2.75) is 13.3 Å². The number of H-pyrrole nitrogens is 1. The Bertz CT molecular complexity index is 769. The standard InChI is InChI=1S/C17H15NO2/c1-11-2-4-12(5-3-11)13-6-7-15-14(9-17(19)20)10-18-16(15)8-13/h2-8,10,18H,9H2,1H3,(H,19,20). The Morgan fingerprint density at radius 3 is 2.50 bits per heavy atom. The molecule has 0 saturated heterocycles. The van der Waals surface area contributed by atoms with Gasteiger partial charge in [-0.25, -0.2) is 0 Å². The molecule has 0 spiro atoms. The summed E-state index contributed by atoms with van der Waals surface area (Å²) in [4.78, 5) is 14.0. The Hall–Kier alpha value is -2.55. The van der Waals surface area contributed by atoms with E-state index in [0.717, 1.165) is 27.6 Å². The third kappa shape index (κ3) is 2.30. The number of carbonyl (C=O) groups is 1. The average Bonchev–Trinajstić information content (AvgIpc) is 2.81. The van der Waals surface area contributed by atoms with Crippen LogP contribution in [0.3, 0.4) is 0 Å². The molecule has 0 atom stereocenters. The van der Waals surface area contributed by atoms with Crippen LogP contribution >= 0.6 is 0 Å². The Morgan fingerprint density at radius 2 is 1.80 bits per heavy atom. The van der Waals surface area contributed by atoms with Crippen molar-refractivity contribution in [3.63, 3.8) is 0 Å². The minimum absolute atomic E-state index is 0.0455. The van der Waals surface area contributed by atoms with Gasteiger partial charge in [-0.2, -0.15) is 0 Å². The van der Waals surface area contributed by atoms with Gasteiger partial charge in [0, 0.05) is 17.1 Å². The predicted octanol–water partition coefficient (Wildman–Crippen LogP) is 3.77. The SMILES string of the molecule is Cc1ccc(-c2ccc3c(CC(=O)O)c[nH]c3c2)cc1. The maximum Gasteiger partial charge on any atom is 0.307 e. The highest BCUT2D eigenvalue weighted by atomic mass is 16.4. The van der Waals surface area contributed by atoms with E-state index in [0.29, 0.717) is 0 Å². The molecule has 2 N–H and O–H groups in total. The highest BCUT2D eigenvalue weighted by molar-refractivity contribution is 5.90. The molecule has 1 aromatic heterocycles. The zero-order chi connectivity index (χ0) is 14.1. The van der Waals surface area contributed by atoms with Crippen LogP contribution in [0.15, 0.2) is 48.7 Å². The molecule has 3 rings (SSSR count). The minimum atomic E-state index is -0.812. The van der Waals surface area contributed by atoms with E-state index in [9.17, 15) is 4.79 Å². The van der Waals surface area contributed by atoms with Gasteiger partial charge in [-0.15, -0.1) is 0 Å². The van der Waals surface area contributed by atoms with Crippen molar-refractivity contribution >= 4 is 16.9 Å². The molecule has 100 valence electrons. The second kappa shape index (κ2) is 4.85. The van der Waals surface area contributed by atoms with Gasteiger partial charge in [0.1, 0.15) is 0 Å². The summed E-state index contributed by atoms with van der Waals surface area (Å²) in [7, 11) is 0. The van der Waals surface area contributed by atoms with Crippen molar-refractivity contribution in [3.05, 3.63) is 59.8 Å². The van der Waals surface area contributed by atoms with Crippen LogP contribution in [0.25, 0.3) is 22.0 Å². The predicted molar refractivity (Wildman–Crippen MR) is 79.8 cm³/mol. The number of carboxylic acid groups (broad SMARTS) is 1. The van der Waals surface area contributed by atoms with Gasteiger partial charge in [-0.3, -0.25) is 4.79 Å². The van der Waals surface area contributed by atoms with Crippen molar-refractivity contribution in [2.24, 2.45) is 0 Å². The van der Waals surface area contributed by atoms with E-state index in [1.54, 1.807) is 6.20 Å². The Kier molecular flexibility index (Phi) is 3.03. The van der Waals surface area contributed by atoms with E-state index in [2.05, 4.69) is 42.2 Å². The van der Waals surface area contributed by atoms with Crippen molar-refractivity contribution in [1.29, 1.82) is 0 Å². The minimum Gasteiger partial charge on any atom is -0.481 e. The lowest BCUT2D eigenvalue weighted by Gasteiger charge is -2.03. The second-order valence-corrected chi connectivity index (χ2v) is 5.01. The summed E-state index contributed by atoms with van der Waals surface area (Å²) in [6, 6.07) is 14.4. The fraction of sp³-hybridized carbons (Fsp3) is 0.118. The molecule has 0 bridgehead atoms. The monoisotopic (exact) mass is 265 g/mol. The fourth-order valence-corrected chi connectivity index (χ4v) is 2.42. The Balaban J connectivity index is 2.03. The van der Waals surface area contributed by atoms with Crippen molar-refractivity contribution in [1.82, 2.24) is 4.98 Å². The number of rotatable bonds is 3. The number of aromatic nitrogens is 1. The quantitative estimate of drug-likeness (QED) is 0.757. The fourth-order valence-electron chi connectivity index (χ4n) is 2.42. The van der Waals surface area contributed by atoms with E-state index in [4.69, 9.17) is 5.11 Å². The number of aryl methyl sites for hydroxylation is 1. The van der Waals surface area contributed by atoms with Gasteiger partial charge in [0.25, 0.3) is 0 Å². The van der Waals surface area contributed by atoms with Crippen molar-refractivity contribution in [2.75, 3.05) is 0 Å². The largest absolute Gasteiger partial charge is 0.481 e. The molecule has 0 aliphatic carbocycles. The normalized spacial score (nSPS) is 10.8. The number of nitrogens with one attached hydrogen (secondary N) is 1. The molecule has 20 heavy (non-hydrogen) atoms. The highest BCUT2D eigenvalue weighted by Crippen LogP contribution is 2.26. The second-order valence-electron chi connectivity index (χ2n) is 5.01. The molecule has 2 aromatic carbocycles. The third-order valence-corrected chi connectivity index (χ3v) is 3.49. The topological polar surface area (TPSA) is 53.1 Å². The lowest BCUT2D eigenvalue weighted by molar-refractivity contribution is -0.136. The summed E-state index contributed by atoms with van der Waals surface area (Å²) >= 11 is 0. The van der Waals surface area contributed by atoms with Gasteiger partial charge in [0.05, 0.1) is 6.42 Å². The number of carboxylic acids is 1. The van der Waals surface area contributed by atoms with Crippen molar-refractivity contribution < 1.29 is 9.90 Å². The van der Waals surface area contributed by atoms with Crippen LogP contribution in [-0.4, -0.2) is 16.1 Å². The number of hydrogen-bond acceptors (Lipinski definition) is 1. The highest BCUT2D eigenvalue weighted by Gasteiger charge is 2.08. The molecular formula is C17H15NO2. The summed E-state index contributed by atoms with van der Waals surface area (Å²) in [6.45, 7) is 2.07. The third-order valence-electron chi connectivity index (χ3n) is 3.49. The first-order chi connectivity index (χ1) is 9.63. The van der Waals surface area contributed by atoms with E-state index in [1.165, 1.54) is 5.56 Å². The first-order valence-corrected chi connectivity index (χ1v) is 6.52. The van der Waals surface area contributed by atoms with E-state index < -0.39 is 5.97 Å². The van der Waals surface area contributed by atoms with Crippen LogP contribution in [0.1, 0.15) is 11.1 Å². The number of hydrogen-bond donors (Lipinski definition) is 2. The molecule has 0 amide bonds. The van der Waals surface area contributed by atoms with Gasteiger partial charge in [-0.1, -0.05) is 42.0 Å². The van der Waals surface area contributed by atoms with Gasteiger partial charge < -0.3 is 10.1 Å². The summed E-state index contributed by atoms with van der Waals surface area (Å²) in [5.41, 5.74) is 5.31. The lowest BCUT2D eigenvalue weighted by atomic mass is 10.0. The molecule has 3 aromatic rings. The summed E-state index contributed by atoms with van der Waals surface area (Å²) < 4.78 is 0. The van der Waals surface area contributed by atoms with E-state index in [1.807, 2.05) is 12.1 Å². The smallest absolute Gasteiger partial charge is 0.307 e. The number of aromatic amines is 1. The molecule has 0 saturated carbocycles. The Morgan fingerprint density at radius 1 is 1.10 bits per heavy atom. The summed E-state index contributed by atoms with van der Waals surface area (Å²) in [6.07, 6.45) is 1.82. The zero-order valence-corrected chi connectivity index (χ0v) is 11.2. The van der Waals surface area contributed by atoms with Gasteiger partial charge in [-0.05, 0) is 29.7 Å². The van der Waals surface area contributed by atoms with E-state index >= 15 is 0 Å². The van der Waals surface area contributed by atoms with Gasteiger partial charge >= 0.3 is 5.97 Å². The summed E-state index contributed by atoms with van der Waals surface area (Å²) in [5, 5.41) is 9.86. The average molecular weight is 265 g/mol. The maximum atomic E-state index is 10.8. The first-order valence-electron chi connectivity index (χ1n) is 6.52.